The van der Waals surface area contributed by atoms with Gasteiger partial charge in [0.1, 0.15) is 29.3 Å². The average Bonchev–Trinajstić information content (AvgIpc) is 3.36. The van der Waals surface area contributed by atoms with Gasteiger partial charge in [0, 0.05) is 44.8 Å². The van der Waals surface area contributed by atoms with E-state index >= 15 is 0 Å². The molecule has 2 fully saturated rings. The summed E-state index contributed by atoms with van der Waals surface area (Å²) in [5.41, 5.74) is 8.72. The highest BCUT2D eigenvalue weighted by Gasteiger charge is 2.28. The van der Waals surface area contributed by atoms with Crippen molar-refractivity contribution in [2.45, 2.75) is 18.9 Å². The maximum Gasteiger partial charge on any atom is 0.236 e. The number of para-hydroxylation sites is 1. The first-order valence-electron chi connectivity index (χ1n) is 13.2. The van der Waals surface area contributed by atoms with Crippen LogP contribution in [0.5, 0.6) is 11.5 Å². The molecule has 3 N–H and O–H groups in total. The second-order valence-corrected chi connectivity index (χ2v) is 9.83. The number of anilines is 1. The first kappa shape index (κ1) is 26.9. The van der Waals surface area contributed by atoms with Gasteiger partial charge in [-0.15, -0.1) is 12.4 Å². The van der Waals surface area contributed by atoms with Gasteiger partial charge < -0.3 is 20.7 Å². The average molecular weight is 549 g/mol. The van der Waals surface area contributed by atoms with Gasteiger partial charge in [-0.3, -0.25) is 9.69 Å². The van der Waals surface area contributed by atoms with Gasteiger partial charge in [-0.25, -0.2) is 14.6 Å². The zero-order chi connectivity index (χ0) is 25.9. The lowest BCUT2D eigenvalue weighted by Crippen LogP contribution is -2.49. The number of nitrogen functional groups attached to an aromatic ring is 1. The summed E-state index contributed by atoms with van der Waals surface area (Å²) in [6.45, 7) is 5.64. The normalized spacial score (nSPS) is 16.7. The van der Waals surface area contributed by atoms with Crippen molar-refractivity contribution in [1.82, 2.24) is 34.9 Å². The summed E-state index contributed by atoms with van der Waals surface area (Å²) in [6.07, 6.45) is 3.12. The minimum Gasteiger partial charge on any atom is -0.457 e. The monoisotopic (exact) mass is 548 g/mol. The van der Waals surface area contributed by atoms with Gasteiger partial charge in [0.25, 0.3) is 0 Å². The van der Waals surface area contributed by atoms with Crippen LogP contribution in [-0.4, -0.2) is 81.3 Å². The molecule has 10 nitrogen and oxygen atoms in total. The van der Waals surface area contributed by atoms with Crippen LogP contribution in [0.4, 0.5) is 5.82 Å². The number of rotatable bonds is 6. The number of hydrogen-bond acceptors (Lipinski definition) is 8. The van der Waals surface area contributed by atoms with E-state index in [2.05, 4.69) is 20.2 Å². The summed E-state index contributed by atoms with van der Waals surface area (Å²) in [6, 6.07) is 17.6. The van der Waals surface area contributed by atoms with Crippen LogP contribution >= 0.6 is 12.4 Å². The standard InChI is InChI=1S/C28H32N8O2.ClH/c29-27-25-26(20-6-8-23(9-7-20)38-22-4-2-1-3-5-22)33-36(28(25)32-19-31-27)21-10-14-35(15-11-21)24(37)18-34-16-12-30-13-17-34;/h1-9,19,21,30H,10-18H2,(H2,29,31,32);1H. The SMILES string of the molecule is Cl.Nc1ncnc2c1c(-c1ccc(Oc3ccccc3)cc1)nn2C1CCN(C(=O)CN2CCNCC2)CC1. The topological polar surface area (TPSA) is 114 Å². The summed E-state index contributed by atoms with van der Waals surface area (Å²) in [5.74, 6) is 2.14. The lowest BCUT2D eigenvalue weighted by molar-refractivity contribution is -0.133. The van der Waals surface area contributed by atoms with E-state index in [0.717, 1.165) is 72.8 Å². The Kier molecular flexibility index (Phi) is 8.25. The fourth-order valence-corrected chi connectivity index (χ4v) is 5.28. The van der Waals surface area contributed by atoms with Crippen molar-refractivity contribution >= 4 is 35.2 Å². The van der Waals surface area contributed by atoms with Crippen molar-refractivity contribution in [2.75, 3.05) is 51.5 Å². The first-order chi connectivity index (χ1) is 18.7. The van der Waals surface area contributed by atoms with Gasteiger partial charge in [0.2, 0.25) is 5.91 Å². The molecule has 2 saturated heterocycles. The third-order valence-corrected chi connectivity index (χ3v) is 7.36. The highest BCUT2D eigenvalue weighted by molar-refractivity contribution is 5.98. The fraction of sp³-hybridized carbons (Fsp3) is 0.357. The van der Waals surface area contributed by atoms with Gasteiger partial charge >= 0.3 is 0 Å². The van der Waals surface area contributed by atoms with Crippen molar-refractivity contribution < 1.29 is 9.53 Å². The summed E-state index contributed by atoms with van der Waals surface area (Å²) >= 11 is 0. The molecule has 6 rings (SSSR count). The van der Waals surface area contributed by atoms with Gasteiger partial charge in [0.15, 0.2) is 5.65 Å². The number of nitrogens with two attached hydrogens (primary N) is 1. The van der Waals surface area contributed by atoms with Crippen LogP contribution in [0.2, 0.25) is 0 Å². The number of likely N-dealkylation sites (tertiary alicyclic amines) is 1. The number of aromatic nitrogens is 4. The molecule has 0 bridgehead atoms. The van der Waals surface area contributed by atoms with Crippen LogP contribution in [-0.2, 0) is 4.79 Å². The number of hydrogen-bond donors (Lipinski definition) is 2. The quantitative estimate of drug-likeness (QED) is 0.377. The number of nitrogens with one attached hydrogen (secondary N) is 1. The van der Waals surface area contributed by atoms with Gasteiger partial charge in [-0.1, -0.05) is 18.2 Å². The molecule has 2 aromatic carbocycles. The maximum atomic E-state index is 12.9. The van der Waals surface area contributed by atoms with Crippen molar-refractivity contribution in [3.05, 3.63) is 60.9 Å². The van der Waals surface area contributed by atoms with Crippen LogP contribution in [0.1, 0.15) is 18.9 Å². The number of amides is 1. The molecule has 11 heteroatoms. The van der Waals surface area contributed by atoms with Crippen molar-refractivity contribution in [1.29, 1.82) is 0 Å². The minimum atomic E-state index is 0. The predicted molar refractivity (Wildman–Crippen MR) is 153 cm³/mol. The number of piperidine rings is 1. The van der Waals surface area contributed by atoms with Crippen molar-refractivity contribution in [3.63, 3.8) is 0 Å². The largest absolute Gasteiger partial charge is 0.457 e. The molecule has 39 heavy (non-hydrogen) atoms. The Hall–Kier alpha value is -3.73. The van der Waals surface area contributed by atoms with Crippen LogP contribution in [0.25, 0.3) is 22.3 Å². The van der Waals surface area contributed by atoms with E-state index in [-0.39, 0.29) is 24.4 Å². The molecule has 0 unspecified atom stereocenters. The van der Waals surface area contributed by atoms with E-state index in [1.807, 2.05) is 64.2 Å². The second-order valence-electron chi connectivity index (χ2n) is 9.83. The van der Waals surface area contributed by atoms with Crippen LogP contribution in [0.15, 0.2) is 60.9 Å². The van der Waals surface area contributed by atoms with Crippen LogP contribution < -0.4 is 15.8 Å². The molecule has 1 amide bonds. The molecule has 0 aliphatic carbocycles. The third-order valence-electron chi connectivity index (χ3n) is 7.36. The molecule has 2 aliphatic rings. The molecule has 204 valence electrons. The van der Waals surface area contributed by atoms with Gasteiger partial charge in [-0.2, -0.15) is 5.10 Å². The molecular formula is C28H33ClN8O2. The zero-order valence-electron chi connectivity index (χ0n) is 21.7. The number of benzene rings is 2. The fourth-order valence-electron chi connectivity index (χ4n) is 5.28. The van der Waals surface area contributed by atoms with E-state index in [9.17, 15) is 4.79 Å². The predicted octanol–water partition coefficient (Wildman–Crippen LogP) is 3.36. The van der Waals surface area contributed by atoms with Crippen molar-refractivity contribution in [2.24, 2.45) is 0 Å². The molecule has 4 heterocycles. The Bertz CT molecular complexity index is 1400. The summed E-state index contributed by atoms with van der Waals surface area (Å²) in [7, 11) is 0. The number of piperazine rings is 1. The van der Waals surface area contributed by atoms with Gasteiger partial charge in [-0.05, 0) is 49.2 Å². The van der Waals surface area contributed by atoms with E-state index in [1.54, 1.807) is 0 Å². The number of halogens is 1. The molecular weight excluding hydrogens is 516 g/mol. The van der Waals surface area contributed by atoms with E-state index in [4.69, 9.17) is 15.6 Å². The highest BCUT2D eigenvalue weighted by Crippen LogP contribution is 2.35. The molecule has 0 radical (unpaired) electrons. The number of carbonyl (C=O) groups is 1. The van der Waals surface area contributed by atoms with Crippen LogP contribution in [0, 0.1) is 0 Å². The molecule has 4 aromatic rings. The Labute approximate surface area is 233 Å². The smallest absolute Gasteiger partial charge is 0.236 e. The molecule has 0 atom stereocenters. The molecule has 0 saturated carbocycles. The number of nitrogens with zero attached hydrogens (tertiary/aromatic N) is 6. The maximum absolute atomic E-state index is 12.9. The number of ether oxygens (including phenoxy) is 1. The lowest BCUT2D eigenvalue weighted by Gasteiger charge is -2.34. The van der Waals surface area contributed by atoms with Crippen LogP contribution in [0.3, 0.4) is 0 Å². The van der Waals surface area contributed by atoms with E-state index in [0.29, 0.717) is 25.5 Å². The minimum absolute atomic E-state index is 0. The number of fused-ring (bicyclic) bond motifs is 1. The third kappa shape index (κ3) is 5.83. The second kappa shape index (κ2) is 12.0. The molecule has 0 spiro atoms. The Morgan fingerprint density at radius 3 is 2.36 bits per heavy atom. The van der Waals surface area contributed by atoms with E-state index < -0.39 is 0 Å². The summed E-state index contributed by atoms with van der Waals surface area (Å²) in [4.78, 5) is 25.9. The Morgan fingerprint density at radius 2 is 1.64 bits per heavy atom. The molecule has 2 aromatic heterocycles. The lowest BCUT2D eigenvalue weighted by atomic mass is 10.0. The summed E-state index contributed by atoms with van der Waals surface area (Å²) < 4.78 is 7.93. The van der Waals surface area contributed by atoms with Crippen molar-refractivity contribution in [3.8, 4) is 22.8 Å². The number of carbonyl (C=O) groups excluding carboxylic acids is 1. The van der Waals surface area contributed by atoms with Gasteiger partial charge in [0.05, 0.1) is 18.0 Å². The Balaban J connectivity index is 0.00000308. The highest BCUT2D eigenvalue weighted by atomic mass is 35.5. The summed E-state index contributed by atoms with van der Waals surface area (Å²) in [5, 5.41) is 9.08. The first-order valence-corrected chi connectivity index (χ1v) is 13.2. The molecule has 2 aliphatic heterocycles. The zero-order valence-corrected chi connectivity index (χ0v) is 22.5. The Morgan fingerprint density at radius 1 is 0.949 bits per heavy atom. The van der Waals surface area contributed by atoms with E-state index in [1.165, 1.54) is 6.33 Å².